The number of aromatic nitrogens is 5. The summed E-state index contributed by atoms with van der Waals surface area (Å²) in [6.45, 7) is 4.21. The first kappa shape index (κ1) is 17.0. The molecule has 0 radical (unpaired) electrons. The van der Waals surface area contributed by atoms with Crippen molar-refractivity contribution in [3.05, 3.63) is 46.1 Å². The second-order valence-corrected chi connectivity index (χ2v) is 6.88. The molecule has 4 rings (SSSR count). The normalized spacial score (nSPS) is 19.5. The number of carbonyl (C=O) groups is 1. The van der Waals surface area contributed by atoms with E-state index in [2.05, 4.69) is 20.6 Å². The summed E-state index contributed by atoms with van der Waals surface area (Å²) in [4.78, 5) is 12.7. The highest BCUT2D eigenvalue weighted by atomic mass is 35.5. The fourth-order valence-corrected chi connectivity index (χ4v) is 3.72. The maximum Gasteiger partial charge on any atom is 0.272 e. The number of aryl methyl sites for hydroxylation is 1. The molecule has 26 heavy (non-hydrogen) atoms. The standard InChI is InChI=1S/C17H19ClN6O2/c1-9-7-11-14(22-23(3)15(11)10(2)26-9)17(25)19-8-13-20-21-16-12(18)5-4-6-24(13)16/h4-6,9-10H,7-8H2,1-3H3,(H,19,25)/t9-,10+/m1/s1. The SMILES string of the molecule is C[C@@H]1Cc2c(C(=O)NCc3nnc4c(Cl)cccn34)nn(C)c2[C@H](C)O1. The molecule has 0 bridgehead atoms. The van der Waals surface area contributed by atoms with Crippen molar-refractivity contribution in [2.24, 2.45) is 7.05 Å². The van der Waals surface area contributed by atoms with E-state index in [1.807, 2.05) is 33.2 Å². The minimum Gasteiger partial charge on any atom is -0.369 e. The number of hydrogen-bond donors (Lipinski definition) is 1. The highest BCUT2D eigenvalue weighted by Crippen LogP contribution is 2.31. The summed E-state index contributed by atoms with van der Waals surface area (Å²) in [5, 5.41) is 16.0. The molecule has 4 heterocycles. The quantitative estimate of drug-likeness (QED) is 0.758. The highest BCUT2D eigenvalue weighted by molar-refractivity contribution is 6.33. The Labute approximate surface area is 155 Å². The molecule has 0 aliphatic carbocycles. The van der Waals surface area contributed by atoms with Gasteiger partial charge in [0.05, 0.1) is 29.5 Å². The lowest BCUT2D eigenvalue weighted by atomic mass is 9.99. The second kappa shape index (κ2) is 6.37. The Balaban J connectivity index is 1.58. The molecule has 1 aliphatic heterocycles. The third-order valence-electron chi connectivity index (χ3n) is 4.59. The molecule has 0 saturated carbocycles. The maximum atomic E-state index is 12.7. The van der Waals surface area contributed by atoms with E-state index in [4.69, 9.17) is 16.3 Å². The first-order valence-corrected chi connectivity index (χ1v) is 8.81. The zero-order valence-electron chi connectivity index (χ0n) is 14.7. The van der Waals surface area contributed by atoms with Crippen molar-refractivity contribution in [3.63, 3.8) is 0 Å². The molecule has 0 aromatic carbocycles. The second-order valence-electron chi connectivity index (χ2n) is 6.48. The van der Waals surface area contributed by atoms with E-state index in [9.17, 15) is 4.79 Å². The molecule has 0 spiro atoms. The molecule has 136 valence electrons. The van der Waals surface area contributed by atoms with Gasteiger partial charge in [-0.05, 0) is 26.0 Å². The third-order valence-corrected chi connectivity index (χ3v) is 4.88. The van der Waals surface area contributed by atoms with Crippen LogP contribution in [0.5, 0.6) is 0 Å². The van der Waals surface area contributed by atoms with Gasteiger partial charge < -0.3 is 10.1 Å². The predicted octanol–water partition coefficient (Wildman–Crippen LogP) is 2.07. The van der Waals surface area contributed by atoms with E-state index in [0.717, 1.165) is 11.3 Å². The Morgan fingerprint density at radius 1 is 1.42 bits per heavy atom. The molecular weight excluding hydrogens is 356 g/mol. The fourth-order valence-electron chi connectivity index (χ4n) is 3.52. The van der Waals surface area contributed by atoms with E-state index >= 15 is 0 Å². The maximum absolute atomic E-state index is 12.7. The first-order chi connectivity index (χ1) is 12.5. The van der Waals surface area contributed by atoms with Crippen LogP contribution in [0.3, 0.4) is 0 Å². The largest absolute Gasteiger partial charge is 0.369 e. The number of rotatable bonds is 3. The molecule has 1 N–H and O–H groups in total. The third kappa shape index (κ3) is 2.75. The lowest BCUT2D eigenvalue weighted by molar-refractivity contribution is -0.00903. The van der Waals surface area contributed by atoms with E-state index in [1.54, 1.807) is 15.1 Å². The van der Waals surface area contributed by atoms with Crippen molar-refractivity contribution in [2.75, 3.05) is 0 Å². The van der Waals surface area contributed by atoms with E-state index in [1.165, 1.54) is 0 Å². The van der Waals surface area contributed by atoms with Crippen molar-refractivity contribution < 1.29 is 9.53 Å². The van der Waals surface area contributed by atoms with Crippen molar-refractivity contribution in [1.82, 2.24) is 29.7 Å². The van der Waals surface area contributed by atoms with Gasteiger partial charge in [0.25, 0.3) is 5.91 Å². The number of pyridine rings is 1. The van der Waals surface area contributed by atoms with Crippen molar-refractivity contribution in [3.8, 4) is 0 Å². The van der Waals surface area contributed by atoms with Crippen molar-refractivity contribution >= 4 is 23.2 Å². The predicted molar refractivity (Wildman–Crippen MR) is 95.0 cm³/mol. The zero-order chi connectivity index (χ0) is 18.4. The minimum atomic E-state index is -0.234. The summed E-state index contributed by atoms with van der Waals surface area (Å²) in [6.07, 6.45) is 2.44. The Morgan fingerprint density at radius 3 is 3.04 bits per heavy atom. The molecule has 0 unspecified atom stereocenters. The van der Waals surface area contributed by atoms with Crippen LogP contribution in [-0.4, -0.2) is 36.4 Å². The van der Waals surface area contributed by atoms with Crippen LogP contribution >= 0.6 is 11.6 Å². The van der Waals surface area contributed by atoms with Gasteiger partial charge in [0.1, 0.15) is 0 Å². The van der Waals surface area contributed by atoms with Crippen LogP contribution in [0.25, 0.3) is 5.65 Å². The smallest absolute Gasteiger partial charge is 0.272 e. The molecule has 0 saturated heterocycles. The first-order valence-electron chi connectivity index (χ1n) is 8.43. The Kier molecular flexibility index (Phi) is 4.16. The van der Waals surface area contributed by atoms with Gasteiger partial charge in [-0.2, -0.15) is 5.10 Å². The number of nitrogens with one attached hydrogen (secondary N) is 1. The number of nitrogens with zero attached hydrogens (tertiary/aromatic N) is 5. The van der Waals surface area contributed by atoms with Gasteiger partial charge in [-0.1, -0.05) is 11.6 Å². The number of carbonyl (C=O) groups excluding carboxylic acids is 1. The number of fused-ring (bicyclic) bond motifs is 2. The zero-order valence-corrected chi connectivity index (χ0v) is 15.5. The van der Waals surface area contributed by atoms with Crippen molar-refractivity contribution in [2.45, 2.75) is 39.0 Å². The average molecular weight is 375 g/mol. The van der Waals surface area contributed by atoms with E-state index < -0.39 is 0 Å². The lowest BCUT2D eigenvalue weighted by Crippen LogP contribution is -2.28. The summed E-state index contributed by atoms with van der Waals surface area (Å²) in [6, 6.07) is 3.56. The molecule has 3 aromatic rings. The molecule has 0 fully saturated rings. The monoisotopic (exact) mass is 374 g/mol. The molecule has 3 aromatic heterocycles. The van der Waals surface area contributed by atoms with E-state index in [0.29, 0.717) is 28.6 Å². The summed E-state index contributed by atoms with van der Waals surface area (Å²) in [5.41, 5.74) is 2.91. The number of amides is 1. The summed E-state index contributed by atoms with van der Waals surface area (Å²) < 4.78 is 9.33. The van der Waals surface area contributed by atoms with Gasteiger partial charge in [-0.25, -0.2) is 0 Å². The topological polar surface area (TPSA) is 86.3 Å². The highest BCUT2D eigenvalue weighted by Gasteiger charge is 2.31. The van der Waals surface area contributed by atoms with Gasteiger partial charge in [-0.3, -0.25) is 13.9 Å². The summed E-state index contributed by atoms with van der Waals surface area (Å²) >= 11 is 6.10. The number of halogens is 1. The summed E-state index contributed by atoms with van der Waals surface area (Å²) in [7, 11) is 1.83. The van der Waals surface area contributed by atoms with Crippen LogP contribution in [0.4, 0.5) is 0 Å². The van der Waals surface area contributed by atoms with Crippen LogP contribution in [0.1, 0.15) is 47.5 Å². The van der Waals surface area contributed by atoms with Crippen LogP contribution in [0, 0.1) is 0 Å². The van der Waals surface area contributed by atoms with Gasteiger partial charge >= 0.3 is 0 Å². The lowest BCUT2D eigenvalue weighted by Gasteiger charge is -2.26. The fraction of sp³-hybridized carbons (Fsp3) is 0.412. The van der Waals surface area contributed by atoms with Gasteiger partial charge in [0, 0.05) is 25.2 Å². The van der Waals surface area contributed by atoms with Gasteiger partial charge in [0.15, 0.2) is 17.2 Å². The molecule has 1 aliphatic rings. The van der Waals surface area contributed by atoms with Gasteiger partial charge in [-0.15, -0.1) is 10.2 Å². The van der Waals surface area contributed by atoms with Crippen molar-refractivity contribution in [1.29, 1.82) is 0 Å². The van der Waals surface area contributed by atoms with Crippen LogP contribution in [0.15, 0.2) is 18.3 Å². The average Bonchev–Trinajstić information content (AvgIpc) is 3.15. The van der Waals surface area contributed by atoms with Crippen LogP contribution in [-0.2, 0) is 24.8 Å². The van der Waals surface area contributed by atoms with Crippen LogP contribution in [0.2, 0.25) is 5.02 Å². The Bertz CT molecular complexity index is 995. The minimum absolute atomic E-state index is 0.0517. The van der Waals surface area contributed by atoms with Crippen LogP contribution < -0.4 is 5.32 Å². The number of ether oxygens (including phenoxy) is 1. The molecule has 1 amide bonds. The summed E-state index contributed by atoms with van der Waals surface area (Å²) in [5.74, 6) is 0.368. The van der Waals surface area contributed by atoms with Gasteiger partial charge in [0.2, 0.25) is 0 Å². The Hall–Kier alpha value is -2.45. The molecule has 8 nitrogen and oxygen atoms in total. The molecule has 9 heteroatoms. The molecular formula is C17H19ClN6O2. The van der Waals surface area contributed by atoms with E-state index in [-0.39, 0.29) is 24.7 Å². The Morgan fingerprint density at radius 2 is 2.23 bits per heavy atom. The number of hydrogen-bond acceptors (Lipinski definition) is 5. The molecule has 2 atom stereocenters.